The molecule has 1 aromatic carbocycles. The van der Waals surface area contributed by atoms with Gasteiger partial charge in [-0.15, -0.1) is 0 Å². The zero-order valence-corrected chi connectivity index (χ0v) is 16.2. The van der Waals surface area contributed by atoms with Crippen LogP contribution in [0.15, 0.2) is 18.2 Å². The topological polar surface area (TPSA) is 52.7 Å². The number of carbonyl (C=O) groups excluding carboxylic acids is 2. The van der Waals surface area contributed by atoms with Gasteiger partial charge < -0.3 is 10.2 Å². The van der Waals surface area contributed by atoms with Gasteiger partial charge in [0.1, 0.15) is 0 Å². The molecule has 0 saturated carbocycles. The minimum Gasteiger partial charge on any atom is -0.353 e. The van der Waals surface area contributed by atoms with E-state index >= 15 is 0 Å². The Morgan fingerprint density at radius 2 is 1.88 bits per heavy atom. The molecule has 2 amide bonds. The van der Waals surface area contributed by atoms with Crippen LogP contribution in [0.5, 0.6) is 0 Å². The SMILES string of the molecule is CCC(C)NC(=O)CN1CCN(C(=O)Cc2ccc(Cl)cc2Cl)CC1. The van der Waals surface area contributed by atoms with Gasteiger partial charge in [0, 0.05) is 42.3 Å². The van der Waals surface area contributed by atoms with Crippen LogP contribution in [0.1, 0.15) is 25.8 Å². The van der Waals surface area contributed by atoms with E-state index in [1.165, 1.54) is 0 Å². The van der Waals surface area contributed by atoms with Gasteiger partial charge >= 0.3 is 0 Å². The second-order valence-electron chi connectivity index (χ2n) is 6.45. The van der Waals surface area contributed by atoms with Crippen molar-refractivity contribution in [1.82, 2.24) is 15.1 Å². The third kappa shape index (κ3) is 6.17. The summed E-state index contributed by atoms with van der Waals surface area (Å²) in [5.41, 5.74) is 0.784. The zero-order valence-electron chi connectivity index (χ0n) is 14.7. The third-order valence-corrected chi connectivity index (χ3v) is 5.06. The number of amides is 2. The second-order valence-corrected chi connectivity index (χ2v) is 7.29. The first kappa shape index (κ1) is 20.0. The van der Waals surface area contributed by atoms with Gasteiger partial charge in [0.15, 0.2) is 0 Å². The van der Waals surface area contributed by atoms with Crippen LogP contribution < -0.4 is 5.32 Å². The molecule has 5 nitrogen and oxygen atoms in total. The van der Waals surface area contributed by atoms with Crippen molar-refractivity contribution in [3.05, 3.63) is 33.8 Å². The molecule has 0 spiro atoms. The summed E-state index contributed by atoms with van der Waals surface area (Å²) in [6.07, 6.45) is 1.19. The lowest BCUT2D eigenvalue weighted by Gasteiger charge is -2.34. The molecule has 7 heteroatoms. The van der Waals surface area contributed by atoms with Gasteiger partial charge in [-0.25, -0.2) is 0 Å². The van der Waals surface area contributed by atoms with Gasteiger partial charge in [0.05, 0.1) is 13.0 Å². The van der Waals surface area contributed by atoms with Crippen LogP contribution in [-0.4, -0.2) is 60.4 Å². The van der Waals surface area contributed by atoms with Gasteiger partial charge in [-0.3, -0.25) is 14.5 Å². The van der Waals surface area contributed by atoms with Crippen molar-refractivity contribution in [2.45, 2.75) is 32.7 Å². The van der Waals surface area contributed by atoms with Crippen molar-refractivity contribution in [3.8, 4) is 0 Å². The molecule has 1 fully saturated rings. The minimum absolute atomic E-state index is 0.0436. The third-order valence-electron chi connectivity index (χ3n) is 4.47. The number of hydrogen-bond donors (Lipinski definition) is 1. The summed E-state index contributed by atoms with van der Waals surface area (Å²) >= 11 is 12.0. The summed E-state index contributed by atoms with van der Waals surface area (Å²) in [6.45, 7) is 7.08. The van der Waals surface area contributed by atoms with Crippen molar-refractivity contribution in [2.24, 2.45) is 0 Å². The van der Waals surface area contributed by atoms with Crippen molar-refractivity contribution >= 4 is 35.0 Å². The highest BCUT2D eigenvalue weighted by molar-refractivity contribution is 6.35. The number of benzene rings is 1. The summed E-state index contributed by atoms with van der Waals surface area (Å²) in [5.74, 6) is 0.0926. The first-order valence-electron chi connectivity index (χ1n) is 8.62. The van der Waals surface area contributed by atoms with Gasteiger partial charge in [0.25, 0.3) is 0 Å². The fraction of sp³-hybridized carbons (Fsp3) is 0.556. The number of nitrogens with one attached hydrogen (secondary N) is 1. The summed E-state index contributed by atoms with van der Waals surface area (Å²) in [6, 6.07) is 5.38. The molecule has 1 aliphatic heterocycles. The average Bonchev–Trinajstić information content (AvgIpc) is 2.57. The van der Waals surface area contributed by atoms with E-state index in [4.69, 9.17) is 23.2 Å². The van der Waals surface area contributed by atoms with E-state index in [0.717, 1.165) is 12.0 Å². The fourth-order valence-electron chi connectivity index (χ4n) is 2.72. The van der Waals surface area contributed by atoms with E-state index in [-0.39, 0.29) is 24.3 Å². The van der Waals surface area contributed by atoms with Crippen molar-refractivity contribution < 1.29 is 9.59 Å². The van der Waals surface area contributed by atoms with E-state index in [2.05, 4.69) is 10.2 Å². The molecule has 0 aliphatic carbocycles. The summed E-state index contributed by atoms with van der Waals surface area (Å²) in [7, 11) is 0. The highest BCUT2D eigenvalue weighted by Gasteiger charge is 2.23. The molecule has 1 N–H and O–H groups in total. The lowest BCUT2D eigenvalue weighted by molar-refractivity contribution is -0.132. The molecule has 0 bridgehead atoms. The first-order chi connectivity index (χ1) is 11.9. The second kappa shape index (κ2) is 9.41. The van der Waals surface area contributed by atoms with Crippen LogP contribution in [0, 0.1) is 0 Å². The monoisotopic (exact) mass is 385 g/mol. The number of rotatable bonds is 6. The summed E-state index contributed by atoms with van der Waals surface area (Å²) in [4.78, 5) is 28.3. The lowest BCUT2D eigenvalue weighted by atomic mass is 10.1. The Kier molecular flexibility index (Phi) is 7.54. The quantitative estimate of drug-likeness (QED) is 0.818. The van der Waals surface area contributed by atoms with Crippen LogP contribution in [0.3, 0.4) is 0 Å². The van der Waals surface area contributed by atoms with Gasteiger partial charge in [-0.2, -0.15) is 0 Å². The van der Waals surface area contributed by atoms with E-state index in [0.29, 0.717) is 42.8 Å². The number of nitrogens with zero attached hydrogens (tertiary/aromatic N) is 2. The number of halogens is 2. The normalized spacial score (nSPS) is 16.6. The number of carbonyl (C=O) groups is 2. The maximum absolute atomic E-state index is 12.5. The smallest absolute Gasteiger partial charge is 0.234 e. The maximum Gasteiger partial charge on any atom is 0.234 e. The Bertz CT molecular complexity index is 616. The molecule has 1 unspecified atom stereocenters. The molecule has 138 valence electrons. The Labute approximate surface area is 159 Å². The molecule has 1 aromatic rings. The van der Waals surface area contributed by atoms with E-state index in [1.807, 2.05) is 18.7 Å². The predicted octanol–water partition coefficient (Wildman–Crippen LogP) is 2.59. The molecular formula is C18H25Cl2N3O2. The molecule has 1 aliphatic rings. The van der Waals surface area contributed by atoms with Gasteiger partial charge in [-0.05, 0) is 31.0 Å². The van der Waals surface area contributed by atoms with E-state index in [1.54, 1.807) is 18.2 Å². The highest BCUT2D eigenvalue weighted by atomic mass is 35.5. The molecule has 25 heavy (non-hydrogen) atoms. The Balaban J connectivity index is 1.79. The maximum atomic E-state index is 12.5. The van der Waals surface area contributed by atoms with Crippen molar-refractivity contribution in [1.29, 1.82) is 0 Å². The molecular weight excluding hydrogens is 361 g/mol. The Morgan fingerprint density at radius 1 is 1.20 bits per heavy atom. The molecule has 0 aromatic heterocycles. The average molecular weight is 386 g/mol. The molecule has 2 rings (SSSR count). The van der Waals surface area contributed by atoms with E-state index < -0.39 is 0 Å². The van der Waals surface area contributed by atoms with Gasteiger partial charge in [0.2, 0.25) is 11.8 Å². The standard InChI is InChI=1S/C18H25Cl2N3O2/c1-3-13(2)21-17(24)12-22-6-8-23(9-7-22)18(25)10-14-4-5-15(19)11-16(14)20/h4-5,11,13H,3,6-10,12H2,1-2H3,(H,21,24). The largest absolute Gasteiger partial charge is 0.353 e. The van der Waals surface area contributed by atoms with Crippen LogP contribution in [0.25, 0.3) is 0 Å². The van der Waals surface area contributed by atoms with Gasteiger partial charge in [-0.1, -0.05) is 36.2 Å². The lowest BCUT2D eigenvalue weighted by Crippen LogP contribution is -2.52. The molecule has 0 radical (unpaired) electrons. The Hall–Kier alpha value is -1.30. The van der Waals surface area contributed by atoms with Crippen LogP contribution in [-0.2, 0) is 16.0 Å². The molecule has 1 saturated heterocycles. The number of hydrogen-bond acceptors (Lipinski definition) is 3. The van der Waals surface area contributed by atoms with Crippen LogP contribution in [0.4, 0.5) is 0 Å². The van der Waals surface area contributed by atoms with Crippen LogP contribution >= 0.6 is 23.2 Å². The molecule has 1 atom stereocenters. The predicted molar refractivity (Wildman–Crippen MR) is 101 cm³/mol. The highest BCUT2D eigenvalue weighted by Crippen LogP contribution is 2.22. The minimum atomic E-state index is 0.0436. The first-order valence-corrected chi connectivity index (χ1v) is 9.38. The Morgan fingerprint density at radius 3 is 2.48 bits per heavy atom. The summed E-state index contributed by atoms with van der Waals surface area (Å²) in [5, 5.41) is 4.04. The fourth-order valence-corrected chi connectivity index (χ4v) is 3.20. The van der Waals surface area contributed by atoms with Crippen molar-refractivity contribution in [2.75, 3.05) is 32.7 Å². The van der Waals surface area contributed by atoms with E-state index in [9.17, 15) is 9.59 Å². The molecule has 1 heterocycles. The van der Waals surface area contributed by atoms with Crippen molar-refractivity contribution in [3.63, 3.8) is 0 Å². The summed E-state index contributed by atoms with van der Waals surface area (Å²) < 4.78 is 0. The zero-order chi connectivity index (χ0) is 18.4. The number of piperazine rings is 1. The van der Waals surface area contributed by atoms with Crippen LogP contribution in [0.2, 0.25) is 10.0 Å².